The van der Waals surface area contributed by atoms with Gasteiger partial charge in [0.05, 0.1) is 11.1 Å². The standard InChI is InChI=1S/C20H14O5/c21-14-9-10-16-18(19(14)22)17(13-7-3-4-8-15(13)25-16)11-5-1-2-6-12(11)20(23)24/h1-10,17,21-22H,(H,23,24). The zero-order valence-corrected chi connectivity index (χ0v) is 13.0. The third kappa shape index (κ3) is 2.29. The summed E-state index contributed by atoms with van der Waals surface area (Å²) in [6.07, 6.45) is 0. The number of fused-ring (bicyclic) bond motifs is 2. The van der Waals surface area contributed by atoms with Gasteiger partial charge in [-0.15, -0.1) is 0 Å². The fourth-order valence-electron chi connectivity index (χ4n) is 3.30. The van der Waals surface area contributed by atoms with Gasteiger partial charge in [-0.3, -0.25) is 0 Å². The van der Waals surface area contributed by atoms with Crippen molar-refractivity contribution in [3.63, 3.8) is 0 Å². The summed E-state index contributed by atoms with van der Waals surface area (Å²) in [5.74, 6) is -1.23. The van der Waals surface area contributed by atoms with E-state index in [1.54, 1.807) is 30.3 Å². The number of aromatic hydroxyl groups is 2. The number of phenols is 2. The number of para-hydroxylation sites is 1. The Morgan fingerprint density at radius 3 is 2.28 bits per heavy atom. The lowest BCUT2D eigenvalue weighted by Gasteiger charge is -2.30. The average molecular weight is 334 g/mol. The summed E-state index contributed by atoms with van der Waals surface area (Å²) in [4.78, 5) is 11.7. The highest BCUT2D eigenvalue weighted by atomic mass is 16.5. The van der Waals surface area contributed by atoms with Gasteiger partial charge in [-0.05, 0) is 29.8 Å². The lowest BCUT2D eigenvalue weighted by atomic mass is 9.80. The average Bonchev–Trinajstić information content (AvgIpc) is 2.63. The van der Waals surface area contributed by atoms with Crippen LogP contribution in [0.2, 0.25) is 0 Å². The van der Waals surface area contributed by atoms with E-state index in [1.807, 2.05) is 18.2 Å². The highest BCUT2D eigenvalue weighted by molar-refractivity contribution is 5.90. The van der Waals surface area contributed by atoms with Crippen LogP contribution in [0.5, 0.6) is 23.0 Å². The minimum absolute atomic E-state index is 0.137. The van der Waals surface area contributed by atoms with E-state index in [2.05, 4.69) is 0 Å². The number of benzene rings is 3. The molecule has 1 heterocycles. The lowest BCUT2D eigenvalue weighted by Crippen LogP contribution is -2.15. The molecule has 1 unspecified atom stereocenters. The summed E-state index contributed by atoms with van der Waals surface area (Å²) in [6, 6.07) is 16.8. The normalized spacial score (nSPS) is 15.0. The molecule has 1 aliphatic rings. The molecule has 0 aliphatic carbocycles. The van der Waals surface area contributed by atoms with E-state index < -0.39 is 11.9 Å². The summed E-state index contributed by atoms with van der Waals surface area (Å²) in [5.41, 5.74) is 1.74. The van der Waals surface area contributed by atoms with Gasteiger partial charge in [-0.1, -0.05) is 36.4 Å². The van der Waals surface area contributed by atoms with Crippen LogP contribution in [0.1, 0.15) is 33.0 Å². The van der Waals surface area contributed by atoms with Crippen LogP contribution in [-0.4, -0.2) is 21.3 Å². The lowest BCUT2D eigenvalue weighted by molar-refractivity contribution is 0.0695. The Kier molecular flexibility index (Phi) is 3.35. The predicted molar refractivity (Wildman–Crippen MR) is 90.6 cm³/mol. The molecule has 3 aromatic carbocycles. The molecular weight excluding hydrogens is 320 g/mol. The summed E-state index contributed by atoms with van der Waals surface area (Å²) in [5, 5.41) is 30.0. The molecule has 5 nitrogen and oxygen atoms in total. The van der Waals surface area contributed by atoms with Crippen molar-refractivity contribution in [2.75, 3.05) is 0 Å². The second kappa shape index (κ2) is 5.56. The Balaban J connectivity index is 2.06. The second-order valence-electron chi connectivity index (χ2n) is 5.81. The monoisotopic (exact) mass is 334 g/mol. The summed E-state index contributed by atoms with van der Waals surface area (Å²) >= 11 is 0. The second-order valence-corrected chi connectivity index (χ2v) is 5.81. The molecule has 0 saturated carbocycles. The maximum atomic E-state index is 11.7. The zero-order chi connectivity index (χ0) is 17.6. The van der Waals surface area contributed by atoms with Gasteiger partial charge in [0.25, 0.3) is 0 Å². The van der Waals surface area contributed by atoms with Crippen molar-refractivity contribution in [2.45, 2.75) is 5.92 Å². The first-order valence-corrected chi connectivity index (χ1v) is 7.71. The quantitative estimate of drug-likeness (QED) is 0.481. The molecule has 0 bridgehead atoms. The summed E-state index contributed by atoms with van der Waals surface area (Å²) in [6.45, 7) is 0. The zero-order valence-electron chi connectivity index (χ0n) is 13.0. The third-order valence-corrected chi connectivity index (χ3v) is 4.40. The van der Waals surface area contributed by atoms with E-state index >= 15 is 0 Å². The van der Waals surface area contributed by atoms with Crippen molar-refractivity contribution in [3.05, 3.63) is 82.9 Å². The topological polar surface area (TPSA) is 87.0 Å². The highest BCUT2D eigenvalue weighted by Gasteiger charge is 2.34. The first-order chi connectivity index (χ1) is 12.1. The maximum Gasteiger partial charge on any atom is 0.335 e. The molecule has 124 valence electrons. The van der Waals surface area contributed by atoms with E-state index in [4.69, 9.17) is 4.74 Å². The predicted octanol–water partition coefficient (Wildman–Crippen LogP) is 4.08. The van der Waals surface area contributed by atoms with Crippen LogP contribution in [0, 0.1) is 0 Å². The van der Waals surface area contributed by atoms with E-state index in [-0.39, 0.29) is 17.1 Å². The fourth-order valence-corrected chi connectivity index (χ4v) is 3.30. The number of hydrogen-bond acceptors (Lipinski definition) is 4. The molecule has 5 heteroatoms. The van der Waals surface area contributed by atoms with Crippen molar-refractivity contribution in [3.8, 4) is 23.0 Å². The van der Waals surface area contributed by atoms with Crippen LogP contribution in [0.3, 0.4) is 0 Å². The Morgan fingerprint density at radius 1 is 0.840 bits per heavy atom. The van der Waals surface area contributed by atoms with Crippen molar-refractivity contribution < 1.29 is 24.9 Å². The van der Waals surface area contributed by atoms with Crippen molar-refractivity contribution in [2.24, 2.45) is 0 Å². The molecule has 0 fully saturated rings. The molecule has 0 spiro atoms. The van der Waals surface area contributed by atoms with E-state index in [0.717, 1.165) is 5.56 Å². The Morgan fingerprint density at radius 2 is 1.52 bits per heavy atom. The minimum atomic E-state index is -1.05. The molecule has 4 rings (SSSR count). The number of hydrogen-bond donors (Lipinski definition) is 3. The third-order valence-electron chi connectivity index (χ3n) is 4.40. The van der Waals surface area contributed by atoms with Crippen LogP contribution >= 0.6 is 0 Å². The van der Waals surface area contributed by atoms with Gasteiger partial charge >= 0.3 is 5.97 Å². The van der Waals surface area contributed by atoms with E-state index in [1.165, 1.54) is 12.1 Å². The maximum absolute atomic E-state index is 11.7. The highest BCUT2D eigenvalue weighted by Crippen LogP contribution is 2.53. The van der Waals surface area contributed by atoms with Gasteiger partial charge < -0.3 is 20.1 Å². The Labute approximate surface area is 143 Å². The molecule has 3 N–H and O–H groups in total. The SMILES string of the molecule is O=C(O)c1ccccc1C1c2ccccc2Oc2ccc(O)c(O)c21. The van der Waals surface area contributed by atoms with Crippen molar-refractivity contribution in [1.82, 2.24) is 0 Å². The minimum Gasteiger partial charge on any atom is -0.504 e. The molecule has 3 aromatic rings. The molecule has 0 saturated heterocycles. The number of carboxylic acids is 1. The molecule has 0 radical (unpaired) electrons. The van der Waals surface area contributed by atoms with Gasteiger partial charge in [0.1, 0.15) is 11.5 Å². The number of aromatic carboxylic acids is 1. The Bertz CT molecular complexity index is 993. The number of ether oxygens (including phenoxy) is 1. The molecule has 1 atom stereocenters. The molecule has 0 amide bonds. The molecule has 25 heavy (non-hydrogen) atoms. The summed E-state index contributed by atoms with van der Waals surface area (Å²) in [7, 11) is 0. The first-order valence-electron chi connectivity index (χ1n) is 7.71. The van der Waals surface area contributed by atoms with Crippen LogP contribution in [0.25, 0.3) is 0 Å². The number of carbonyl (C=O) groups is 1. The Hall–Kier alpha value is -3.47. The smallest absolute Gasteiger partial charge is 0.335 e. The number of phenolic OH excluding ortho intramolecular Hbond substituents is 2. The van der Waals surface area contributed by atoms with Gasteiger partial charge in [0.2, 0.25) is 0 Å². The molecule has 1 aliphatic heterocycles. The molecular formula is C20H14O5. The fraction of sp³-hybridized carbons (Fsp3) is 0.0500. The van der Waals surface area contributed by atoms with Gasteiger partial charge in [0.15, 0.2) is 11.5 Å². The largest absolute Gasteiger partial charge is 0.504 e. The van der Waals surface area contributed by atoms with Gasteiger partial charge in [0, 0.05) is 11.5 Å². The van der Waals surface area contributed by atoms with E-state index in [0.29, 0.717) is 22.6 Å². The number of carboxylic acid groups (broad SMARTS) is 1. The van der Waals surface area contributed by atoms with Crippen molar-refractivity contribution >= 4 is 5.97 Å². The van der Waals surface area contributed by atoms with Crippen LogP contribution in [-0.2, 0) is 0 Å². The van der Waals surface area contributed by atoms with Gasteiger partial charge in [-0.25, -0.2) is 4.79 Å². The van der Waals surface area contributed by atoms with Crippen LogP contribution in [0.4, 0.5) is 0 Å². The van der Waals surface area contributed by atoms with E-state index in [9.17, 15) is 20.1 Å². The summed E-state index contributed by atoms with van der Waals surface area (Å²) < 4.78 is 5.85. The van der Waals surface area contributed by atoms with Crippen LogP contribution in [0.15, 0.2) is 60.7 Å². The first kappa shape index (κ1) is 15.1. The molecule has 0 aromatic heterocycles. The van der Waals surface area contributed by atoms with Crippen molar-refractivity contribution in [1.29, 1.82) is 0 Å². The van der Waals surface area contributed by atoms with Gasteiger partial charge in [-0.2, -0.15) is 0 Å². The number of rotatable bonds is 2. The van der Waals surface area contributed by atoms with Crippen LogP contribution < -0.4 is 4.74 Å².